The molecule has 20 heavy (non-hydrogen) atoms. The van der Waals surface area contributed by atoms with Gasteiger partial charge in [-0.3, -0.25) is 9.69 Å². The highest BCUT2D eigenvalue weighted by Crippen LogP contribution is 2.17. The number of carbonyl (C=O) groups is 1. The van der Waals surface area contributed by atoms with E-state index in [2.05, 4.69) is 22.5 Å². The summed E-state index contributed by atoms with van der Waals surface area (Å²) in [7, 11) is 0. The Labute approximate surface area is 123 Å². The molecule has 4 heteroatoms. The van der Waals surface area contributed by atoms with Crippen LogP contribution in [0.1, 0.15) is 58.3 Å². The largest absolute Gasteiger partial charge is 0.353 e. The highest BCUT2D eigenvalue weighted by atomic mass is 16.1. The molecule has 2 fully saturated rings. The molecule has 2 N–H and O–H groups in total. The lowest BCUT2D eigenvalue weighted by atomic mass is 9.95. The van der Waals surface area contributed by atoms with E-state index in [9.17, 15) is 4.79 Å². The first-order valence-corrected chi connectivity index (χ1v) is 8.53. The van der Waals surface area contributed by atoms with Crippen molar-refractivity contribution in [3.05, 3.63) is 0 Å². The van der Waals surface area contributed by atoms with Crippen LogP contribution in [0.25, 0.3) is 0 Å². The molecule has 0 radical (unpaired) electrons. The number of nitrogens with zero attached hydrogens (tertiary/aromatic N) is 1. The van der Waals surface area contributed by atoms with E-state index in [1.165, 1.54) is 44.9 Å². The van der Waals surface area contributed by atoms with Crippen LogP contribution in [0.5, 0.6) is 0 Å². The fourth-order valence-corrected chi connectivity index (χ4v) is 3.54. The van der Waals surface area contributed by atoms with Crippen molar-refractivity contribution in [2.75, 3.05) is 26.2 Å². The van der Waals surface area contributed by atoms with E-state index >= 15 is 0 Å². The molecular formula is C16H31N3O. The van der Waals surface area contributed by atoms with Gasteiger partial charge in [-0.25, -0.2) is 0 Å². The molecule has 1 aliphatic carbocycles. The lowest BCUT2D eigenvalue weighted by Crippen LogP contribution is -2.47. The molecule has 0 aromatic heterocycles. The van der Waals surface area contributed by atoms with Gasteiger partial charge in [0.05, 0.1) is 0 Å². The van der Waals surface area contributed by atoms with E-state index in [-0.39, 0.29) is 5.91 Å². The number of carbonyl (C=O) groups excluding carboxylic acids is 1. The summed E-state index contributed by atoms with van der Waals surface area (Å²) in [5, 5.41) is 6.68. The van der Waals surface area contributed by atoms with E-state index < -0.39 is 0 Å². The summed E-state index contributed by atoms with van der Waals surface area (Å²) in [6.45, 7) is 6.38. The molecular weight excluding hydrogens is 250 g/mol. The minimum Gasteiger partial charge on any atom is -0.353 e. The molecule has 0 aromatic rings. The van der Waals surface area contributed by atoms with E-state index in [1.807, 2.05) is 0 Å². The van der Waals surface area contributed by atoms with Crippen molar-refractivity contribution in [2.24, 2.45) is 0 Å². The van der Waals surface area contributed by atoms with Gasteiger partial charge in [0.15, 0.2) is 0 Å². The first kappa shape index (κ1) is 15.8. The van der Waals surface area contributed by atoms with Crippen LogP contribution >= 0.6 is 0 Å². The van der Waals surface area contributed by atoms with Crippen LogP contribution in [0.3, 0.4) is 0 Å². The van der Waals surface area contributed by atoms with Gasteiger partial charge in [0.1, 0.15) is 0 Å². The smallest absolute Gasteiger partial charge is 0.221 e. The first-order valence-electron chi connectivity index (χ1n) is 8.53. The van der Waals surface area contributed by atoms with Crippen LogP contribution in [0.2, 0.25) is 0 Å². The third-order valence-corrected chi connectivity index (χ3v) is 4.79. The van der Waals surface area contributed by atoms with Gasteiger partial charge in [0, 0.05) is 31.6 Å². The third-order valence-electron chi connectivity index (χ3n) is 4.79. The zero-order chi connectivity index (χ0) is 14.2. The van der Waals surface area contributed by atoms with Gasteiger partial charge in [-0.1, -0.05) is 26.2 Å². The van der Waals surface area contributed by atoms with Crippen LogP contribution in [0.4, 0.5) is 0 Å². The van der Waals surface area contributed by atoms with E-state index in [1.54, 1.807) is 0 Å². The SMILES string of the molecule is CCN(CCC(=O)NC1CCCCC1)C1CCCNC1. The van der Waals surface area contributed by atoms with Crippen molar-refractivity contribution in [1.29, 1.82) is 0 Å². The summed E-state index contributed by atoms with van der Waals surface area (Å²) in [5.41, 5.74) is 0. The Morgan fingerprint density at radius 3 is 2.65 bits per heavy atom. The molecule has 1 heterocycles. The van der Waals surface area contributed by atoms with Crippen molar-refractivity contribution < 1.29 is 4.79 Å². The monoisotopic (exact) mass is 281 g/mol. The van der Waals surface area contributed by atoms with Gasteiger partial charge < -0.3 is 10.6 Å². The van der Waals surface area contributed by atoms with E-state index in [0.29, 0.717) is 18.5 Å². The fourth-order valence-electron chi connectivity index (χ4n) is 3.54. The zero-order valence-corrected chi connectivity index (χ0v) is 13.0. The Balaban J connectivity index is 1.67. The highest BCUT2D eigenvalue weighted by Gasteiger charge is 2.21. The van der Waals surface area contributed by atoms with Crippen molar-refractivity contribution in [3.8, 4) is 0 Å². The number of rotatable bonds is 6. The molecule has 2 rings (SSSR count). The maximum atomic E-state index is 12.1. The summed E-state index contributed by atoms with van der Waals surface area (Å²) in [6.07, 6.45) is 9.43. The normalized spacial score (nSPS) is 24.8. The second-order valence-electron chi connectivity index (χ2n) is 6.28. The molecule has 0 aromatic carbocycles. The summed E-state index contributed by atoms with van der Waals surface area (Å²) in [4.78, 5) is 14.5. The molecule has 0 spiro atoms. The van der Waals surface area contributed by atoms with Gasteiger partial charge in [-0.2, -0.15) is 0 Å². The molecule has 1 aliphatic heterocycles. The molecule has 1 atom stereocenters. The average molecular weight is 281 g/mol. The highest BCUT2D eigenvalue weighted by molar-refractivity contribution is 5.76. The number of nitrogens with one attached hydrogen (secondary N) is 2. The van der Waals surface area contributed by atoms with Crippen LogP contribution in [0.15, 0.2) is 0 Å². The quantitative estimate of drug-likeness (QED) is 0.781. The molecule has 116 valence electrons. The molecule has 1 amide bonds. The van der Waals surface area contributed by atoms with E-state index in [0.717, 1.165) is 26.2 Å². The Hall–Kier alpha value is -0.610. The van der Waals surface area contributed by atoms with Crippen molar-refractivity contribution >= 4 is 5.91 Å². The summed E-state index contributed by atoms with van der Waals surface area (Å²) in [5.74, 6) is 0.249. The molecule has 2 aliphatic rings. The first-order chi connectivity index (χ1) is 9.79. The van der Waals surface area contributed by atoms with E-state index in [4.69, 9.17) is 0 Å². The van der Waals surface area contributed by atoms with Crippen LogP contribution < -0.4 is 10.6 Å². The lowest BCUT2D eigenvalue weighted by molar-refractivity contribution is -0.122. The average Bonchev–Trinajstić information content (AvgIpc) is 2.50. The molecule has 1 unspecified atom stereocenters. The number of hydrogen-bond acceptors (Lipinski definition) is 3. The van der Waals surface area contributed by atoms with Crippen LogP contribution in [-0.4, -0.2) is 49.1 Å². The van der Waals surface area contributed by atoms with Gasteiger partial charge in [0.25, 0.3) is 0 Å². The maximum Gasteiger partial charge on any atom is 0.221 e. The number of piperidine rings is 1. The Morgan fingerprint density at radius 1 is 1.20 bits per heavy atom. The Morgan fingerprint density at radius 2 is 2.00 bits per heavy atom. The van der Waals surface area contributed by atoms with Gasteiger partial charge in [0.2, 0.25) is 5.91 Å². The van der Waals surface area contributed by atoms with Crippen molar-refractivity contribution in [1.82, 2.24) is 15.5 Å². The minimum atomic E-state index is 0.249. The summed E-state index contributed by atoms with van der Waals surface area (Å²) < 4.78 is 0. The molecule has 4 nitrogen and oxygen atoms in total. The predicted octanol–water partition coefficient (Wildman–Crippen LogP) is 1.90. The summed E-state index contributed by atoms with van der Waals surface area (Å²) >= 11 is 0. The second kappa shape index (κ2) is 8.63. The lowest BCUT2D eigenvalue weighted by Gasteiger charge is -2.34. The van der Waals surface area contributed by atoms with Crippen molar-refractivity contribution in [2.45, 2.75) is 70.4 Å². The zero-order valence-electron chi connectivity index (χ0n) is 13.0. The molecule has 0 bridgehead atoms. The Bertz CT molecular complexity index is 283. The Kier molecular flexibility index (Phi) is 6.80. The fraction of sp³-hybridized carbons (Fsp3) is 0.938. The maximum absolute atomic E-state index is 12.1. The predicted molar refractivity (Wildman–Crippen MR) is 82.8 cm³/mol. The molecule has 1 saturated heterocycles. The van der Waals surface area contributed by atoms with Crippen LogP contribution in [0, 0.1) is 0 Å². The minimum absolute atomic E-state index is 0.249. The number of amides is 1. The van der Waals surface area contributed by atoms with Crippen molar-refractivity contribution in [3.63, 3.8) is 0 Å². The van der Waals surface area contributed by atoms with Gasteiger partial charge >= 0.3 is 0 Å². The van der Waals surface area contributed by atoms with Crippen LogP contribution in [-0.2, 0) is 4.79 Å². The number of hydrogen-bond donors (Lipinski definition) is 2. The molecule has 1 saturated carbocycles. The third kappa shape index (κ3) is 5.06. The second-order valence-corrected chi connectivity index (χ2v) is 6.28. The number of likely N-dealkylation sites (N-methyl/N-ethyl adjacent to an activating group) is 1. The topological polar surface area (TPSA) is 44.4 Å². The summed E-state index contributed by atoms with van der Waals surface area (Å²) in [6, 6.07) is 1.07. The van der Waals surface area contributed by atoms with Gasteiger partial charge in [-0.05, 0) is 38.8 Å². The standard InChI is InChI=1S/C16H31N3O/c1-2-19(15-9-6-11-17-13-15)12-10-16(20)18-14-7-4-3-5-8-14/h14-15,17H,2-13H2,1H3,(H,18,20). The van der Waals surface area contributed by atoms with Gasteiger partial charge in [-0.15, -0.1) is 0 Å².